The van der Waals surface area contributed by atoms with Crippen molar-refractivity contribution in [1.82, 2.24) is 0 Å². The number of aliphatic hydroxyl groups is 1. The van der Waals surface area contributed by atoms with Crippen LogP contribution >= 0.6 is 0 Å². The first kappa shape index (κ1) is 50.5. The summed E-state index contributed by atoms with van der Waals surface area (Å²) in [6.45, 7) is 27.0. The van der Waals surface area contributed by atoms with Gasteiger partial charge in [0, 0.05) is 13.2 Å². The first-order chi connectivity index (χ1) is 24.6. The molecule has 0 aliphatic carbocycles. The van der Waals surface area contributed by atoms with Crippen molar-refractivity contribution < 1.29 is 26.6 Å². The van der Waals surface area contributed by atoms with Crippen molar-refractivity contribution in [3.63, 3.8) is 0 Å². The van der Waals surface area contributed by atoms with Crippen LogP contribution in [0.4, 0.5) is 0 Å². The van der Waals surface area contributed by atoms with Crippen molar-refractivity contribution in [3.05, 3.63) is 29.8 Å². The number of hydrogen-bond donors (Lipinski definition) is 1. The second-order valence-corrected chi connectivity index (χ2v) is 30.4. The zero-order valence-electron chi connectivity index (χ0n) is 36.7. The molecule has 0 atom stereocenters. The maximum Gasteiger partial charge on any atom is 0.296 e. The SMILES string of the molecule is Cc1ccc(S(=O)(=O)OCCCCC(O)(CCCCCCCCCCO[Si](C)(C)C(C)(C)C)CCCCCCCCCCO[Si](C)(C)C(C)(C)C)cc1. The quantitative estimate of drug-likeness (QED) is 0.0458. The summed E-state index contributed by atoms with van der Waals surface area (Å²) in [5, 5.41) is 12.3. The summed E-state index contributed by atoms with van der Waals surface area (Å²) in [7, 11) is -7.01. The van der Waals surface area contributed by atoms with Gasteiger partial charge in [-0.05, 0) is 100 Å². The molecular weight excluding hydrogens is 713 g/mol. The van der Waals surface area contributed by atoms with Crippen LogP contribution in [-0.4, -0.2) is 55.6 Å². The molecule has 0 aliphatic rings. The molecule has 6 nitrogen and oxygen atoms in total. The summed E-state index contributed by atoms with van der Waals surface area (Å²) in [6, 6.07) is 6.77. The molecule has 9 heteroatoms. The van der Waals surface area contributed by atoms with Crippen molar-refractivity contribution in [1.29, 1.82) is 0 Å². The summed E-state index contributed by atoms with van der Waals surface area (Å²) < 4.78 is 43.2. The maximum absolute atomic E-state index is 12.6. The van der Waals surface area contributed by atoms with Crippen molar-refractivity contribution in [2.24, 2.45) is 0 Å². The maximum atomic E-state index is 12.6. The standard InChI is InChI=1S/C44H86O6SSi2/c1-40-30-32-41(33-31-40)51(46,47)48-37-29-26-36-44(45,34-24-20-16-12-14-18-22-27-38-49-52(8,9)42(2,3)4)35-25-21-17-13-15-19-23-28-39-50-53(10,11)43(5,6)7/h30-33,45H,12-29,34-39H2,1-11H3. The molecule has 0 spiro atoms. The third-order valence-electron chi connectivity index (χ3n) is 12.2. The van der Waals surface area contributed by atoms with Gasteiger partial charge < -0.3 is 14.0 Å². The van der Waals surface area contributed by atoms with E-state index >= 15 is 0 Å². The average Bonchev–Trinajstić information content (AvgIpc) is 3.05. The van der Waals surface area contributed by atoms with E-state index < -0.39 is 32.4 Å². The van der Waals surface area contributed by atoms with E-state index in [0.29, 0.717) is 12.8 Å². The average molecular weight is 799 g/mol. The van der Waals surface area contributed by atoms with Crippen molar-refractivity contribution in [2.45, 2.75) is 230 Å². The largest absolute Gasteiger partial charge is 0.417 e. The van der Waals surface area contributed by atoms with Gasteiger partial charge in [-0.25, -0.2) is 0 Å². The second kappa shape index (κ2) is 24.9. The van der Waals surface area contributed by atoms with Crippen LogP contribution in [0.25, 0.3) is 0 Å². The minimum atomic E-state index is -3.75. The molecule has 1 N–H and O–H groups in total. The topological polar surface area (TPSA) is 82.1 Å². The summed E-state index contributed by atoms with van der Waals surface area (Å²) in [5.41, 5.74) is 0.337. The minimum Gasteiger partial charge on any atom is -0.417 e. The fourth-order valence-corrected chi connectivity index (χ4v) is 9.31. The van der Waals surface area contributed by atoms with Gasteiger partial charge in [0.2, 0.25) is 0 Å². The van der Waals surface area contributed by atoms with Gasteiger partial charge in [0.15, 0.2) is 16.6 Å². The third kappa shape index (κ3) is 22.1. The Morgan fingerprint density at radius 2 is 0.811 bits per heavy atom. The van der Waals surface area contributed by atoms with Crippen LogP contribution in [0.15, 0.2) is 29.2 Å². The van der Waals surface area contributed by atoms with Crippen molar-refractivity contribution in [3.8, 4) is 0 Å². The molecule has 0 saturated carbocycles. The Labute approximate surface area is 331 Å². The Morgan fingerprint density at radius 1 is 0.509 bits per heavy atom. The van der Waals surface area contributed by atoms with Crippen LogP contribution in [-0.2, 0) is 23.2 Å². The highest BCUT2D eigenvalue weighted by Crippen LogP contribution is 2.37. The van der Waals surface area contributed by atoms with Gasteiger partial charge in [-0.3, -0.25) is 4.18 Å². The highest BCUT2D eigenvalue weighted by Gasteiger charge is 2.37. The van der Waals surface area contributed by atoms with E-state index in [1.165, 1.54) is 64.2 Å². The van der Waals surface area contributed by atoms with E-state index in [1.54, 1.807) is 24.3 Å². The van der Waals surface area contributed by atoms with Crippen LogP contribution in [0.3, 0.4) is 0 Å². The molecule has 0 heterocycles. The van der Waals surface area contributed by atoms with Gasteiger partial charge >= 0.3 is 0 Å². The number of unbranched alkanes of at least 4 members (excludes halogenated alkanes) is 15. The number of benzene rings is 1. The van der Waals surface area contributed by atoms with E-state index in [9.17, 15) is 13.5 Å². The van der Waals surface area contributed by atoms with E-state index in [-0.39, 0.29) is 21.6 Å². The third-order valence-corrected chi connectivity index (χ3v) is 22.6. The first-order valence-corrected chi connectivity index (χ1v) is 28.8. The monoisotopic (exact) mass is 799 g/mol. The van der Waals surface area contributed by atoms with Gasteiger partial charge in [0.1, 0.15) is 0 Å². The van der Waals surface area contributed by atoms with Crippen molar-refractivity contribution >= 4 is 26.8 Å². The van der Waals surface area contributed by atoms with Gasteiger partial charge in [-0.15, -0.1) is 0 Å². The highest BCUT2D eigenvalue weighted by atomic mass is 32.2. The minimum absolute atomic E-state index is 0.150. The van der Waals surface area contributed by atoms with E-state index in [1.807, 2.05) is 6.92 Å². The van der Waals surface area contributed by atoms with E-state index in [0.717, 1.165) is 76.6 Å². The van der Waals surface area contributed by atoms with Gasteiger partial charge in [0.05, 0.1) is 17.1 Å². The molecule has 53 heavy (non-hydrogen) atoms. The molecule has 1 aromatic carbocycles. The number of aryl methyl sites for hydroxylation is 1. The van der Waals surface area contributed by atoms with Crippen LogP contribution < -0.4 is 0 Å². The Morgan fingerprint density at radius 3 is 1.17 bits per heavy atom. The molecule has 0 bridgehead atoms. The predicted octanol–water partition coefficient (Wildman–Crippen LogP) is 13.7. The summed E-state index contributed by atoms with van der Waals surface area (Å²) in [5.74, 6) is 0. The number of hydrogen-bond acceptors (Lipinski definition) is 6. The highest BCUT2D eigenvalue weighted by molar-refractivity contribution is 7.86. The Hall–Kier alpha value is -0.556. The summed E-state index contributed by atoms with van der Waals surface area (Å²) >= 11 is 0. The Balaban J connectivity index is 2.38. The molecule has 0 unspecified atom stereocenters. The molecule has 1 aromatic rings. The molecule has 312 valence electrons. The van der Waals surface area contributed by atoms with Gasteiger partial charge in [0.25, 0.3) is 10.1 Å². The fraction of sp³-hybridized carbons (Fsp3) is 0.864. The molecule has 0 aromatic heterocycles. The fourth-order valence-electron chi connectivity index (χ4n) is 6.19. The molecule has 0 fully saturated rings. The van der Waals surface area contributed by atoms with E-state index in [4.69, 9.17) is 13.0 Å². The zero-order valence-corrected chi connectivity index (χ0v) is 39.5. The lowest BCUT2D eigenvalue weighted by Crippen LogP contribution is -2.40. The molecule has 0 amide bonds. The molecule has 0 saturated heterocycles. The van der Waals surface area contributed by atoms with Crippen LogP contribution in [0.1, 0.15) is 182 Å². The predicted molar refractivity (Wildman–Crippen MR) is 233 cm³/mol. The van der Waals surface area contributed by atoms with Crippen LogP contribution in [0.2, 0.25) is 36.3 Å². The summed E-state index contributed by atoms with van der Waals surface area (Å²) in [6.07, 6.45) is 23.1. The van der Waals surface area contributed by atoms with E-state index in [2.05, 4.69) is 67.7 Å². The second-order valence-electron chi connectivity index (χ2n) is 19.1. The molecular formula is C44H86O6SSi2. The molecule has 0 radical (unpaired) electrons. The normalized spacial score (nSPS) is 13.6. The first-order valence-electron chi connectivity index (χ1n) is 21.6. The van der Waals surface area contributed by atoms with Gasteiger partial charge in [-0.1, -0.05) is 149 Å². The van der Waals surface area contributed by atoms with Crippen LogP contribution in [0, 0.1) is 6.92 Å². The lowest BCUT2D eigenvalue weighted by atomic mass is 9.85. The number of rotatable bonds is 31. The molecule has 0 aliphatic heterocycles. The van der Waals surface area contributed by atoms with Gasteiger partial charge in [-0.2, -0.15) is 8.42 Å². The zero-order chi connectivity index (χ0) is 40.1. The lowest BCUT2D eigenvalue weighted by molar-refractivity contribution is 0.00656. The molecule has 1 rings (SSSR count). The van der Waals surface area contributed by atoms with Crippen LogP contribution in [0.5, 0.6) is 0 Å². The summed E-state index contributed by atoms with van der Waals surface area (Å²) in [4.78, 5) is 0.200. The van der Waals surface area contributed by atoms with Crippen molar-refractivity contribution in [2.75, 3.05) is 19.8 Å². The Bertz CT molecular complexity index is 1140. The smallest absolute Gasteiger partial charge is 0.296 e. The lowest BCUT2D eigenvalue weighted by Gasteiger charge is -2.36. The Kier molecular flexibility index (Phi) is 23.7.